The molecule has 11 heteroatoms. The molecule has 0 aliphatic carbocycles. The van der Waals surface area contributed by atoms with Gasteiger partial charge in [0, 0.05) is 0 Å². The van der Waals surface area contributed by atoms with Gasteiger partial charge in [-0.3, -0.25) is 4.79 Å². The number of ether oxygens (including phenoxy) is 1. The van der Waals surface area contributed by atoms with Crippen LogP contribution in [-0.2, 0) is 14.8 Å². The van der Waals surface area contributed by atoms with Gasteiger partial charge in [0.2, 0.25) is 10.0 Å². The van der Waals surface area contributed by atoms with Crippen LogP contribution in [0.3, 0.4) is 0 Å². The summed E-state index contributed by atoms with van der Waals surface area (Å²) in [7, 11) is -3.94. The van der Waals surface area contributed by atoms with E-state index in [1.54, 1.807) is 5.32 Å². The first-order valence-electron chi connectivity index (χ1n) is 5.27. The Bertz CT molecular complexity index is 634. The minimum Gasteiger partial charge on any atom is -0.482 e. The molecule has 1 rings (SSSR count). The van der Waals surface area contributed by atoms with Gasteiger partial charge >= 0.3 is 6.18 Å². The maximum absolute atomic E-state index is 11.9. The second kappa shape index (κ2) is 6.50. The molecular formula is C10H10ClF3N2O4S. The number of benzene rings is 1. The molecule has 1 aromatic carbocycles. The van der Waals surface area contributed by atoms with E-state index in [0.29, 0.717) is 0 Å². The Hall–Kier alpha value is -1.52. The average Bonchev–Trinajstić information content (AvgIpc) is 2.32. The van der Waals surface area contributed by atoms with Crippen LogP contribution < -0.4 is 15.2 Å². The summed E-state index contributed by atoms with van der Waals surface area (Å²) in [4.78, 5) is 10.8. The lowest BCUT2D eigenvalue weighted by Crippen LogP contribution is -2.36. The quantitative estimate of drug-likeness (QED) is 0.832. The second-order valence-electron chi connectivity index (χ2n) is 3.82. The fourth-order valence-corrected chi connectivity index (χ4v) is 2.01. The predicted molar refractivity (Wildman–Crippen MR) is 67.4 cm³/mol. The molecule has 0 saturated carbocycles. The van der Waals surface area contributed by atoms with Gasteiger partial charge in [-0.2, -0.15) is 13.2 Å². The number of nitrogens with two attached hydrogens (primary N) is 1. The standard InChI is InChI=1S/C10H10ClF3N2O4S/c11-7-3-6(21(15,18)19)1-2-8(7)20-4-9(17)16-5-10(12,13)14/h1-3H,4-5H2,(H,16,17)(H2,15,18,19). The van der Waals surface area contributed by atoms with Crippen LogP contribution in [0, 0.1) is 0 Å². The topological polar surface area (TPSA) is 98.5 Å². The smallest absolute Gasteiger partial charge is 0.405 e. The second-order valence-corrected chi connectivity index (χ2v) is 5.79. The monoisotopic (exact) mass is 346 g/mol. The van der Waals surface area contributed by atoms with Crippen molar-refractivity contribution in [3.63, 3.8) is 0 Å². The van der Waals surface area contributed by atoms with Crippen molar-refractivity contribution >= 4 is 27.5 Å². The number of halogens is 4. The van der Waals surface area contributed by atoms with Crippen LogP contribution in [0.15, 0.2) is 23.1 Å². The van der Waals surface area contributed by atoms with Crippen molar-refractivity contribution < 1.29 is 31.1 Å². The third-order valence-electron chi connectivity index (χ3n) is 2.08. The van der Waals surface area contributed by atoms with Crippen molar-refractivity contribution in [2.24, 2.45) is 5.14 Å². The number of carbonyl (C=O) groups is 1. The molecule has 0 radical (unpaired) electrons. The number of amides is 1. The lowest BCUT2D eigenvalue weighted by Gasteiger charge is -2.10. The maximum Gasteiger partial charge on any atom is 0.405 e. The van der Waals surface area contributed by atoms with E-state index in [9.17, 15) is 26.4 Å². The Morgan fingerprint density at radius 3 is 2.48 bits per heavy atom. The van der Waals surface area contributed by atoms with Crippen LogP contribution in [-0.4, -0.2) is 33.7 Å². The molecule has 0 aromatic heterocycles. The van der Waals surface area contributed by atoms with Crippen LogP contribution in [0.2, 0.25) is 5.02 Å². The average molecular weight is 347 g/mol. The van der Waals surface area contributed by atoms with Crippen LogP contribution >= 0.6 is 11.6 Å². The molecule has 0 spiro atoms. The van der Waals surface area contributed by atoms with Crippen molar-refractivity contribution in [1.82, 2.24) is 5.32 Å². The van der Waals surface area contributed by atoms with Crippen LogP contribution in [0.4, 0.5) is 13.2 Å². The molecule has 0 bridgehead atoms. The molecule has 0 aliphatic heterocycles. The lowest BCUT2D eigenvalue weighted by molar-refractivity contribution is -0.139. The summed E-state index contributed by atoms with van der Waals surface area (Å²) in [6, 6.07) is 3.23. The summed E-state index contributed by atoms with van der Waals surface area (Å²) in [6.45, 7) is -2.18. The lowest BCUT2D eigenvalue weighted by atomic mass is 10.3. The highest BCUT2D eigenvalue weighted by Gasteiger charge is 2.27. The minimum absolute atomic E-state index is 0.0637. The van der Waals surface area contributed by atoms with Gasteiger partial charge in [-0.05, 0) is 18.2 Å². The largest absolute Gasteiger partial charge is 0.482 e. The highest BCUT2D eigenvalue weighted by molar-refractivity contribution is 7.89. The first-order valence-corrected chi connectivity index (χ1v) is 7.20. The molecule has 0 fully saturated rings. The molecule has 3 N–H and O–H groups in total. The zero-order valence-corrected chi connectivity index (χ0v) is 11.8. The van der Waals surface area contributed by atoms with Crippen molar-refractivity contribution in [3.05, 3.63) is 23.2 Å². The highest BCUT2D eigenvalue weighted by Crippen LogP contribution is 2.26. The zero-order valence-electron chi connectivity index (χ0n) is 10.3. The van der Waals surface area contributed by atoms with Gasteiger partial charge in [0.25, 0.3) is 5.91 Å². The summed E-state index contributed by atoms with van der Waals surface area (Å²) >= 11 is 5.71. The van der Waals surface area contributed by atoms with Gasteiger partial charge in [0.05, 0.1) is 9.92 Å². The Morgan fingerprint density at radius 1 is 1.38 bits per heavy atom. The minimum atomic E-state index is -4.52. The fourth-order valence-electron chi connectivity index (χ4n) is 1.17. The number of rotatable bonds is 5. The van der Waals surface area contributed by atoms with Crippen LogP contribution in [0.5, 0.6) is 5.75 Å². The third-order valence-corrected chi connectivity index (χ3v) is 3.28. The maximum atomic E-state index is 11.9. The number of alkyl halides is 3. The van der Waals surface area contributed by atoms with Gasteiger partial charge in [0.15, 0.2) is 6.61 Å². The Labute approximate surface area is 123 Å². The first-order chi connectivity index (χ1) is 9.49. The van der Waals surface area contributed by atoms with Gasteiger partial charge in [-0.1, -0.05) is 11.6 Å². The summed E-state index contributed by atoms with van der Waals surface area (Å²) < 4.78 is 62.5. The van der Waals surface area contributed by atoms with Crippen molar-refractivity contribution in [1.29, 1.82) is 0 Å². The Morgan fingerprint density at radius 2 is 2.00 bits per heavy atom. The molecule has 21 heavy (non-hydrogen) atoms. The number of hydrogen-bond donors (Lipinski definition) is 2. The van der Waals surface area contributed by atoms with E-state index < -0.39 is 35.3 Å². The number of nitrogens with one attached hydrogen (secondary N) is 1. The van der Waals surface area contributed by atoms with Gasteiger partial charge in [-0.15, -0.1) is 0 Å². The fraction of sp³-hybridized carbons (Fsp3) is 0.300. The molecule has 0 heterocycles. The van der Waals surface area contributed by atoms with E-state index in [0.717, 1.165) is 18.2 Å². The van der Waals surface area contributed by atoms with Gasteiger partial charge in [-0.25, -0.2) is 13.6 Å². The molecule has 6 nitrogen and oxygen atoms in total. The summed E-state index contributed by atoms with van der Waals surface area (Å²) in [5.41, 5.74) is 0. The first kappa shape index (κ1) is 17.5. The summed E-state index contributed by atoms with van der Waals surface area (Å²) in [5, 5.41) is 6.33. The molecule has 0 saturated heterocycles. The van der Waals surface area contributed by atoms with E-state index >= 15 is 0 Å². The molecule has 118 valence electrons. The molecule has 0 aliphatic rings. The molecular weight excluding hydrogens is 337 g/mol. The Balaban J connectivity index is 2.63. The number of sulfonamides is 1. The van der Waals surface area contributed by atoms with E-state index in [4.69, 9.17) is 21.5 Å². The summed E-state index contributed by atoms with van der Waals surface area (Å²) in [6.07, 6.45) is -4.52. The predicted octanol–water partition coefficient (Wildman–Crippen LogP) is 1.04. The SMILES string of the molecule is NS(=O)(=O)c1ccc(OCC(=O)NCC(F)(F)F)c(Cl)c1. The van der Waals surface area contributed by atoms with Crippen molar-refractivity contribution in [3.8, 4) is 5.75 Å². The van der Waals surface area contributed by atoms with Crippen LogP contribution in [0.25, 0.3) is 0 Å². The zero-order chi connectivity index (χ0) is 16.3. The molecule has 0 atom stereocenters. The molecule has 0 unspecified atom stereocenters. The number of carbonyl (C=O) groups excluding carboxylic acids is 1. The van der Waals surface area contributed by atoms with Gasteiger partial charge in [0.1, 0.15) is 12.3 Å². The van der Waals surface area contributed by atoms with Crippen LogP contribution in [0.1, 0.15) is 0 Å². The van der Waals surface area contributed by atoms with Gasteiger partial charge < -0.3 is 10.1 Å². The highest BCUT2D eigenvalue weighted by atomic mass is 35.5. The van der Waals surface area contributed by atoms with E-state index in [1.165, 1.54) is 0 Å². The third kappa shape index (κ3) is 6.19. The summed E-state index contributed by atoms with van der Waals surface area (Å²) in [5.74, 6) is -1.06. The normalized spacial score (nSPS) is 12.0. The number of hydrogen-bond acceptors (Lipinski definition) is 4. The van der Waals surface area contributed by atoms with E-state index in [2.05, 4.69) is 0 Å². The Kier molecular flexibility index (Phi) is 5.42. The molecule has 1 amide bonds. The van der Waals surface area contributed by atoms with Crippen molar-refractivity contribution in [2.45, 2.75) is 11.1 Å². The van der Waals surface area contributed by atoms with E-state index in [-0.39, 0.29) is 15.7 Å². The molecule has 1 aromatic rings. The van der Waals surface area contributed by atoms with Crippen molar-refractivity contribution in [2.75, 3.05) is 13.2 Å². The number of primary sulfonamides is 1. The van der Waals surface area contributed by atoms with E-state index in [1.807, 2.05) is 0 Å².